The van der Waals surface area contributed by atoms with E-state index >= 15 is 0 Å². The van der Waals surface area contributed by atoms with Gasteiger partial charge in [0.15, 0.2) is 0 Å². The molecule has 1 nitrogen and oxygen atoms in total. The molecule has 1 rings (SSSR count). The molecule has 0 aromatic heterocycles. The average Bonchev–Trinajstić information content (AvgIpc) is 2.22. The molecule has 0 radical (unpaired) electrons. The molecule has 1 unspecified atom stereocenters. The molecule has 1 aromatic rings. The Kier molecular flexibility index (Phi) is 5.07. The molecule has 0 aliphatic rings. The van der Waals surface area contributed by atoms with Crippen LogP contribution in [0.3, 0.4) is 0 Å². The molecular weight excluding hydrogens is 253 g/mol. The van der Waals surface area contributed by atoms with E-state index in [1.54, 1.807) is 6.92 Å². The van der Waals surface area contributed by atoms with Gasteiger partial charge >= 0.3 is 6.18 Å². The summed E-state index contributed by atoms with van der Waals surface area (Å²) in [5.74, 6) is -1.63. The lowest BCUT2D eigenvalue weighted by Gasteiger charge is -2.14. The summed E-state index contributed by atoms with van der Waals surface area (Å²) in [6.07, 6.45) is -4.22. The third-order valence-electron chi connectivity index (χ3n) is 2.43. The summed E-state index contributed by atoms with van der Waals surface area (Å²) < 4.78 is 62.2. The topological polar surface area (TPSA) is 12.0 Å². The molecule has 1 aromatic carbocycles. The standard InChI is InChI=1S/C12H14F5N/c1-8(6-18-7-12(15,16)17)5-9-10(13)3-2-4-11(9)14/h2-4,8,18H,5-7H2,1H3. The Balaban J connectivity index is 2.47. The predicted molar refractivity (Wildman–Crippen MR) is 58.2 cm³/mol. The third-order valence-corrected chi connectivity index (χ3v) is 2.43. The third kappa shape index (κ3) is 5.00. The molecule has 0 aliphatic carbocycles. The second-order valence-corrected chi connectivity index (χ2v) is 4.26. The van der Waals surface area contributed by atoms with Gasteiger partial charge in [-0.25, -0.2) is 8.78 Å². The van der Waals surface area contributed by atoms with Gasteiger partial charge in [0.25, 0.3) is 0 Å². The van der Waals surface area contributed by atoms with Gasteiger partial charge in [-0.3, -0.25) is 0 Å². The number of hydrogen-bond acceptors (Lipinski definition) is 1. The van der Waals surface area contributed by atoms with Gasteiger partial charge in [0.1, 0.15) is 11.6 Å². The molecule has 0 heterocycles. The van der Waals surface area contributed by atoms with E-state index in [4.69, 9.17) is 0 Å². The second kappa shape index (κ2) is 6.13. The molecule has 6 heteroatoms. The van der Waals surface area contributed by atoms with Crippen molar-refractivity contribution in [3.8, 4) is 0 Å². The number of nitrogens with one attached hydrogen (secondary N) is 1. The van der Waals surface area contributed by atoms with Crippen molar-refractivity contribution in [1.29, 1.82) is 0 Å². The van der Waals surface area contributed by atoms with Crippen LogP contribution in [0.4, 0.5) is 22.0 Å². The molecule has 0 fully saturated rings. The summed E-state index contributed by atoms with van der Waals surface area (Å²) in [4.78, 5) is 0. The summed E-state index contributed by atoms with van der Waals surface area (Å²) in [5, 5.41) is 2.21. The average molecular weight is 267 g/mol. The fraction of sp³-hybridized carbons (Fsp3) is 0.500. The highest BCUT2D eigenvalue weighted by Gasteiger charge is 2.26. The summed E-state index contributed by atoms with van der Waals surface area (Å²) in [5.41, 5.74) is -0.0844. The number of hydrogen-bond donors (Lipinski definition) is 1. The van der Waals surface area contributed by atoms with E-state index in [9.17, 15) is 22.0 Å². The predicted octanol–water partition coefficient (Wildman–Crippen LogP) is 3.30. The van der Waals surface area contributed by atoms with E-state index in [0.717, 1.165) is 12.1 Å². The van der Waals surface area contributed by atoms with Gasteiger partial charge in [0.2, 0.25) is 0 Å². The van der Waals surface area contributed by atoms with Crippen molar-refractivity contribution in [3.05, 3.63) is 35.4 Å². The van der Waals surface area contributed by atoms with E-state index in [1.165, 1.54) is 6.07 Å². The molecule has 0 amide bonds. The summed E-state index contributed by atoms with van der Waals surface area (Å²) in [6, 6.07) is 3.52. The minimum absolute atomic E-state index is 0.0489. The quantitative estimate of drug-likeness (QED) is 0.807. The minimum Gasteiger partial charge on any atom is -0.308 e. The van der Waals surface area contributed by atoms with E-state index in [-0.39, 0.29) is 24.4 Å². The summed E-state index contributed by atoms with van der Waals surface area (Å²) in [6.45, 7) is 0.583. The SMILES string of the molecule is CC(CNCC(F)(F)F)Cc1c(F)cccc1F. The first-order valence-corrected chi connectivity index (χ1v) is 5.50. The van der Waals surface area contributed by atoms with Crippen molar-refractivity contribution in [2.45, 2.75) is 19.5 Å². The fourth-order valence-electron chi connectivity index (χ4n) is 1.61. The maximum absolute atomic E-state index is 13.3. The Morgan fingerprint density at radius 1 is 1.17 bits per heavy atom. The first-order chi connectivity index (χ1) is 8.29. The number of halogens is 5. The van der Waals surface area contributed by atoms with Crippen molar-refractivity contribution in [2.75, 3.05) is 13.1 Å². The Morgan fingerprint density at radius 2 is 1.72 bits per heavy atom. The van der Waals surface area contributed by atoms with Gasteiger partial charge in [0.05, 0.1) is 6.54 Å². The van der Waals surface area contributed by atoms with Crippen molar-refractivity contribution in [3.63, 3.8) is 0 Å². The summed E-state index contributed by atoms with van der Waals surface area (Å²) >= 11 is 0. The van der Waals surface area contributed by atoms with Crippen LogP contribution in [-0.4, -0.2) is 19.3 Å². The zero-order valence-corrected chi connectivity index (χ0v) is 9.82. The van der Waals surface area contributed by atoms with Crippen LogP contribution in [0.2, 0.25) is 0 Å². The molecule has 1 atom stereocenters. The van der Waals surface area contributed by atoms with Gasteiger partial charge in [-0.15, -0.1) is 0 Å². The number of benzene rings is 1. The molecule has 0 saturated heterocycles. The van der Waals surface area contributed by atoms with Crippen molar-refractivity contribution >= 4 is 0 Å². The molecular formula is C12H14F5N. The van der Waals surface area contributed by atoms with E-state index < -0.39 is 24.4 Å². The largest absolute Gasteiger partial charge is 0.401 e. The smallest absolute Gasteiger partial charge is 0.308 e. The van der Waals surface area contributed by atoms with E-state index in [1.807, 2.05) is 0 Å². The van der Waals surface area contributed by atoms with Crippen LogP contribution in [0.25, 0.3) is 0 Å². The van der Waals surface area contributed by atoms with E-state index in [2.05, 4.69) is 5.32 Å². The minimum atomic E-state index is -4.27. The molecule has 102 valence electrons. The zero-order chi connectivity index (χ0) is 13.8. The maximum Gasteiger partial charge on any atom is 0.401 e. The highest BCUT2D eigenvalue weighted by molar-refractivity contribution is 5.20. The van der Waals surface area contributed by atoms with Crippen molar-refractivity contribution < 1.29 is 22.0 Å². The maximum atomic E-state index is 13.3. The van der Waals surface area contributed by atoms with Crippen LogP contribution < -0.4 is 5.32 Å². The van der Waals surface area contributed by atoms with E-state index in [0.29, 0.717) is 0 Å². The Hall–Kier alpha value is -1.17. The monoisotopic (exact) mass is 267 g/mol. The number of alkyl halides is 3. The van der Waals surface area contributed by atoms with Crippen molar-refractivity contribution in [2.24, 2.45) is 5.92 Å². The van der Waals surface area contributed by atoms with Crippen LogP contribution in [0.15, 0.2) is 18.2 Å². The first kappa shape index (κ1) is 14.9. The Labute approximate surface area is 102 Å². The van der Waals surface area contributed by atoms with Crippen LogP contribution in [0.1, 0.15) is 12.5 Å². The molecule has 1 N–H and O–H groups in total. The zero-order valence-electron chi connectivity index (χ0n) is 9.82. The Bertz CT molecular complexity index is 368. The van der Waals surface area contributed by atoms with Crippen LogP contribution in [0, 0.1) is 17.6 Å². The van der Waals surface area contributed by atoms with Gasteiger partial charge in [-0.2, -0.15) is 13.2 Å². The molecule has 0 spiro atoms. The van der Waals surface area contributed by atoms with Crippen LogP contribution in [-0.2, 0) is 6.42 Å². The molecule has 0 aliphatic heterocycles. The van der Waals surface area contributed by atoms with Crippen molar-refractivity contribution in [1.82, 2.24) is 5.32 Å². The fourth-order valence-corrected chi connectivity index (χ4v) is 1.61. The molecule has 0 bridgehead atoms. The molecule has 0 saturated carbocycles. The van der Waals surface area contributed by atoms with Gasteiger partial charge in [-0.1, -0.05) is 13.0 Å². The lowest BCUT2D eigenvalue weighted by atomic mass is 10.00. The van der Waals surface area contributed by atoms with Crippen LogP contribution >= 0.6 is 0 Å². The first-order valence-electron chi connectivity index (χ1n) is 5.50. The Morgan fingerprint density at radius 3 is 2.22 bits per heavy atom. The van der Waals surface area contributed by atoms with Crippen LogP contribution in [0.5, 0.6) is 0 Å². The lowest BCUT2D eigenvalue weighted by molar-refractivity contribution is -0.125. The lowest BCUT2D eigenvalue weighted by Crippen LogP contribution is -2.32. The van der Waals surface area contributed by atoms with Gasteiger partial charge in [-0.05, 0) is 31.0 Å². The summed E-state index contributed by atoms with van der Waals surface area (Å²) in [7, 11) is 0. The van der Waals surface area contributed by atoms with Gasteiger partial charge < -0.3 is 5.32 Å². The molecule has 18 heavy (non-hydrogen) atoms. The second-order valence-electron chi connectivity index (χ2n) is 4.26. The number of rotatable bonds is 5. The highest BCUT2D eigenvalue weighted by atomic mass is 19.4. The normalized spacial score (nSPS) is 13.7. The van der Waals surface area contributed by atoms with Gasteiger partial charge in [0, 0.05) is 5.56 Å². The highest BCUT2D eigenvalue weighted by Crippen LogP contribution is 2.17.